The van der Waals surface area contributed by atoms with Gasteiger partial charge in [-0.2, -0.15) is 0 Å². The number of thiophene rings is 1. The number of pyridine rings is 1. The van der Waals surface area contributed by atoms with E-state index in [-0.39, 0.29) is 29.4 Å². The lowest BCUT2D eigenvalue weighted by atomic mass is 10.1. The summed E-state index contributed by atoms with van der Waals surface area (Å²) in [5.74, 6) is -0.376. The Hall–Kier alpha value is -2.72. The van der Waals surface area contributed by atoms with Crippen molar-refractivity contribution in [2.45, 2.75) is 26.0 Å². The summed E-state index contributed by atoms with van der Waals surface area (Å²) in [6.07, 6.45) is 1.63. The second-order valence-corrected chi connectivity index (χ2v) is 7.78. The highest BCUT2D eigenvalue weighted by Crippen LogP contribution is 2.33. The molecule has 0 aliphatic carbocycles. The number of carbonyl (C=O) groups excluding carboxylic acids is 2. The van der Waals surface area contributed by atoms with E-state index >= 15 is 0 Å². The molecule has 0 saturated heterocycles. The molecule has 0 aliphatic rings. The average molecular weight is 419 g/mol. The molecule has 1 N–H and O–H groups in total. The molecule has 0 aliphatic heterocycles. The van der Waals surface area contributed by atoms with E-state index in [0.29, 0.717) is 16.3 Å². The van der Waals surface area contributed by atoms with Gasteiger partial charge in [-0.25, -0.2) is 4.79 Å². The van der Waals surface area contributed by atoms with Gasteiger partial charge in [0.25, 0.3) is 11.1 Å². The second kappa shape index (κ2) is 8.98. The van der Waals surface area contributed by atoms with Crippen molar-refractivity contribution in [3.8, 4) is 11.6 Å². The molecule has 28 heavy (non-hydrogen) atoms. The molecule has 3 rings (SSSR count). The molecular weight excluding hydrogens is 400 g/mol. The number of aromatic nitrogens is 3. The Morgan fingerprint density at radius 3 is 2.82 bits per heavy atom. The normalized spacial score (nSPS) is 10.7. The van der Waals surface area contributed by atoms with Crippen LogP contribution in [-0.2, 0) is 9.53 Å². The number of rotatable bonds is 7. The number of aryl methyl sites for hydroxylation is 1. The van der Waals surface area contributed by atoms with E-state index in [2.05, 4.69) is 20.5 Å². The monoisotopic (exact) mass is 418 g/mol. The standard InChI is InChI=1S/C18H18N4O4S2/c1-4-25-17(24)14-10(2)11(3)28-16(14)20-13(23)9-27-18-22-21-15(26-18)12-7-5-6-8-19-12/h5-8H,4,9H2,1-3H3,(H,20,23). The molecule has 0 bridgehead atoms. The molecular formula is C18H18N4O4S2. The highest BCUT2D eigenvalue weighted by Gasteiger charge is 2.22. The molecule has 0 unspecified atom stereocenters. The SMILES string of the molecule is CCOC(=O)c1c(NC(=O)CSc2nnc(-c3ccccn3)o2)sc(C)c1C. The predicted molar refractivity (Wildman–Crippen MR) is 107 cm³/mol. The number of ether oxygens (including phenoxy) is 1. The van der Waals surface area contributed by atoms with Crippen molar-refractivity contribution < 1.29 is 18.7 Å². The summed E-state index contributed by atoms with van der Waals surface area (Å²) in [4.78, 5) is 29.6. The Morgan fingerprint density at radius 2 is 2.11 bits per heavy atom. The zero-order valence-corrected chi connectivity index (χ0v) is 17.1. The highest BCUT2D eigenvalue weighted by molar-refractivity contribution is 7.99. The molecule has 3 aromatic heterocycles. The molecule has 8 nitrogen and oxygen atoms in total. The van der Waals surface area contributed by atoms with Crippen molar-refractivity contribution in [2.24, 2.45) is 0 Å². The maximum Gasteiger partial charge on any atom is 0.341 e. The first-order valence-corrected chi connectivity index (χ1v) is 10.2. The first-order chi connectivity index (χ1) is 13.5. The van der Waals surface area contributed by atoms with Crippen LogP contribution in [0.2, 0.25) is 0 Å². The van der Waals surface area contributed by atoms with Crippen LogP contribution < -0.4 is 5.32 Å². The Labute approximate surface area is 169 Å². The van der Waals surface area contributed by atoms with Crippen LogP contribution in [-0.4, -0.2) is 39.4 Å². The summed E-state index contributed by atoms with van der Waals surface area (Å²) in [6, 6.07) is 5.37. The van der Waals surface area contributed by atoms with Gasteiger partial charge in [-0.1, -0.05) is 17.8 Å². The van der Waals surface area contributed by atoms with Crippen LogP contribution in [0, 0.1) is 13.8 Å². The van der Waals surface area contributed by atoms with E-state index in [1.165, 1.54) is 11.3 Å². The van der Waals surface area contributed by atoms with E-state index in [4.69, 9.17) is 9.15 Å². The Morgan fingerprint density at radius 1 is 1.29 bits per heavy atom. The van der Waals surface area contributed by atoms with Crippen molar-refractivity contribution >= 4 is 40.0 Å². The van der Waals surface area contributed by atoms with Crippen LogP contribution in [0.3, 0.4) is 0 Å². The molecule has 146 valence electrons. The number of nitrogens with zero attached hydrogens (tertiary/aromatic N) is 3. The third-order valence-corrected chi connectivity index (χ3v) is 5.68. The van der Waals surface area contributed by atoms with Crippen molar-refractivity contribution in [1.82, 2.24) is 15.2 Å². The average Bonchev–Trinajstić information content (AvgIpc) is 3.26. The molecule has 10 heteroatoms. The smallest absolute Gasteiger partial charge is 0.341 e. The van der Waals surface area contributed by atoms with Crippen LogP contribution in [0.4, 0.5) is 5.00 Å². The van der Waals surface area contributed by atoms with Gasteiger partial charge in [0, 0.05) is 11.1 Å². The molecule has 0 fully saturated rings. The fourth-order valence-electron chi connectivity index (χ4n) is 2.31. The van der Waals surface area contributed by atoms with Crippen LogP contribution in [0.15, 0.2) is 34.0 Å². The second-order valence-electron chi connectivity index (χ2n) is 5.63. The number of carbonyl (C=O) groups is 2. The van der Waals surface area contributed by atoms with E-state index < -0.39 is 5.97 Å². The number of hydrogen-bond donors (Lipinski definition) is 1. The number of esters is 1. The minimum atomic E-state index is -0.441. The molecule has 3 heterocycles. The third kappa shape index (κ3) is 4.57. The van der Waals surface area contributed by atoms with E-state index in [0.717, 1.165) is 22.2 Å². The van der Waals surface area contributed by atoms with E-state index in [1.807, 2.05) is 19.9 Å². The Bertz CT molecular complexity index is 985. The van der Waals surface area contributed by atoms with Gasteiger partial charge in [-0.3, -0.25) is 9.78 Å². The van der Waals surface area contributed by atoms with Gasteiger partial charge in [-0.15, -0.1) is 21.5 Å². The number of amides is 1. The van der Waals surface area contributed by atoms with E-state index in [1.54, 1.807) is 25.3 Å². The fraction of sp³-hybridized carbons (Fsp3) is 0.278. The lowest BCUT2D eigenvalue weighted by Gasteiger charge is -2.06. The highest BCUT2D eigenvalue weighted by atomic mass is 32.2. The van der Waals surface area contributed by atoms with Crippen LogP contribution >= 0.6 is 23.1 Å². The summed E-state index contributed by atoms with van der Waals surface area (Å²) < 4.78 is 10.6. The maximum atomic E-state index is 12.3. The molecule has 0 radical (unpaired) electrons. The van der Waals surface area contributed by atoms with Crippen LogP contribution in [0.5, 0.6) is 0 Å². The Balaban J connectivity index is 1.63. The molecule has 0 atom stereocenters. The summed E-state index contributed by atoms with van der Waals surface area (Å²) in [5, 5.41) is 11.4. The van der Waals surface area contributed by atoms with Gasteiger partial charge in [0.2, 0.25) is 5.91 Å². The fourth-order valence-corrected chi connectivity index (χ4v) is 3.94. The minimum absolute atomic E-state index is 0.0577. The summed E-state index contributed by atoms with van der Waals surface area (Å²) in [7, 11) is 0. The van der Waals surface area contributed by atoms with Crippen LogP contribution in [0.25, 0.3) is 11.6 Å². The summed E-state index contributed by atoms with van der Waals surface area (Å²) >= 11 is 2.45. The number of hydrogen-bond acceptors (Lipinski definition) is 9. The first kappa shape index (κ1) is 20.0. The zero-order valence-electron chi connectivity index (χ0n) is 15.5. The van der Waals surface area contributed by atoms with Crippen molar-refractivity contribution in [3.63, 3.8) is 0 Å². The van der Waals surface area contributed by atoms with Crippen molar-refractivity contribution in [3.05, 3.63) is 40.4 Å². The van der Waals surface area contributed by atoms with Crippen molar-refractivity contribution in [2.75, 3.05) is 17.7 Å². The summed E-state index contributed by atoms with van der Waals surface area (Å²) in [6.45, 7) is 5.74. The largest absolute Gasteiger partial charge is 0.462 e. The lowest BCUT2D eigenvalue weighted by Crippen LogP contribution is -2.16. The van der Waals surface area contributed by atoms with Gasteiger partial charge in [0.15, 0.2) is 0 Å². The topological polar surface area (TPSA) is 107 Å². The number of anilines is 1. The van der Waals surface area contributed by atoms with Gasteiger partial charge >= 0.3 is 5.97 Å². The molecule has 3 aromatic rings. The Kier molecular flexibility index (Phi) is 6.42. The van der Waals surface area contributed by atoms with Crippen LogP contribution in [0.1, 0.15) is 27.7 Å². The molecule has 0 spiro atoms. The first-order valence-electron chi connectivity index (χ1n) is 8.44. The van der Waals surface area contributed by atoms with Crippen molar-refractivity contribution in [1.29, 1.82) is 0 Å². The zero-order chi connectivity index (χ0) is 20.1. The minimum Gasteiger partial charge on any atom is -0.462 e. The molecule has 0 aromatic carbocycles. The number of nitrogens with one attached hydrogen (secondary N) is 1. The summed E-state index contributed by atoms with van der Waals surface area (Å²) in [5.41, 5.74) is 1.77. The maximum absolute atomic E-state index is 12.3. The number of thioether (sulfide) groups is 1. The van der Waals surface area contributed by atoms with E-state index in [9.17, 15) is 9.59 Å². The van der Waals surface area contributed by atoms with Gasteiger partial charge in [-0.05, 0) is 38.5 Å². The quantitative estimate of drug-likeness (QED) is 0.457. The van der Waals surface area contributed by atoms with Gasteiger partial charge < -0.3 is 14.5 Å². The van der Waals surface area contributed by atoms with Gasteiger partial charge in [0.05, 0.1) is 17.9 Å². The third-order valence-electron chi connectivity index (χ3n) is 3.74. The van der Waals surface area contributed by atoms with Gasteiger partial charge in [0.1, 0.15) is 10.7 Å². The predicted octanol–water partition coefficient (Wildman–Crippen LogP) is 3.72. The lowest BCUT2D eigenvalue weighted by molar-refractivity contribution is -0.113. The molecule has 1 amide bonds. The molecule has 0 saturated carbocycles.